The van der Waals surface area contributed by atoms with E-state index in [1.165, 1.54) is 16.8 Å². The van der Waals surface area contributed by atoms with Crippen molar-refractivity contribution in [3.05, 3.63) is 64.1 Å². The van der Waals surface area contributed by atoms with Crippen molar-refractivity contribution in [2.24, 2.45) is 5.92 Å². The van der Waals surface area contributed by atoms with Crippen LogP contribution in [0.5, 0.6) is 0 Å². The fraction of sp³-hybridized carbons (Fsp3) is 0.450. The van der Waals surface area contributed by atoms with Gasteiger partial charge in [-0.2, -0.15) is 5.10 Å². The van der Waals surface area contributed by atoms with Gasteiger partial charge in [-0.1, -0.05) is 57.0 Å². The predicted octanol–water partition coefficient (Wildman–Crippen LogP) is 3.24. The molecule has 1 amide bonds. The third kappa shape index (κ3) is 6.18. The number of amides is 1. The number of nitrogens with one attached hydrogen (secondary N) is 1. The molecule has 2 rings (SSSR count). The number of hydrogen-bond acceptors (Lipinski definition) is 3. The maximum Gasteiger partial charge on any atom is 0.271 e. The summed E-state index contributed by atoms with van der Waals surface area (Å²) >= 11 is 0. The summed E-state index contributed by atoms with van der Waals surface area (Å²) in [5.41, 5.74) is 1.02. The molecule has 0 radical (unpaired) electrons. The molecule has 0 fully saturated rings. The van der Waals surface area contributed by atoms with Gasteiger partial charge in [0.05, 0.1) is 6.54 Å². The van der Waals surface area contributed by atoms with Gasteiger partial charge in [-0.25, -0.2) is 4.68 Å². The molecule has 0 aliphatic heterocycles. The molecule has 1 aromatic heterocycles. The number of carbonyl (C=O) groups excluding carboxylic acids is 1. The highest BCUT2D eigenvalue weighted by Gasteiger charge is 2.13. The van der Waals surface area contributed by atoms with Gasteiger partial charge >= 0.3 is 0 Å². The molecule has 0 bridgehead atoms. The van der Waals surface area contributed by atoms with Crippen LogP contribution in [0.15, 0.2) is 47.3 Å². The molecular weight excluding hydrogens is 314 g/mol. The van der Waals surface area contributed by atoms with Crippen LogP contribution in [0.1, 0.15) is 56.1 Å². The number of rotatable bonds is 8. The zero-order chi connectivity index (χ0) is 18.2. The summed E-state index contributed by atoms with van der Waals surface area (Å²) in [7, 11) is 0. The van der Waals surface area contributed by atoms with Gasteiger partial charge in [-0.15, -0.1) is 0 Å². The van der Waals surface area contributed by atoms with Crippen LogP contribution in [0.2, 0.25) is 0 Å². The lowest BCUT2D eigenvalue weighted by atomic mass is 10.0. The van der Waals surface area contributed by atoms with E-state index in [-0.39, 0.29) is 23.2 Å². The molecule has 5 nitrogen and oxygen atoms in total. The van der Waals surface area contributed by atoms with Crippen molar-refractivity contribution in [3.63, 3.8) is 0 Å². The standard InChI is InChI=1S/C20H27N3O2/c1-15(2)8-7-9-16(3)21-20(25)18-12-13-19(24)23(22-18)14-17-10-5-4-6-11-17/h4-6,10-13,15-16H,7-9,14H2,1-3H3,(H,21,25). The summed E-state index contributed by atoms with van der Waals surface area (Å²) in [5.74, 6) is 0.435. The van der Waals surface area contributed by atoms with Crippen LogP contribution in [-0.4, -0.2) is 21.7 Å². The number of aromatic nitrogens is 2. The average molecular weight is 341 g/mol. The Labute approximate surface area is 149 Å². The quantitative estimate of drug-likeness (QED) is 0.802. The Balaban J connectivity index is 2.00. The van der Waals surface area contributed by atoms with Crippen molar-refractivity contribution >= 4 is 5.91 Å². The molecule has 134 valence electrons. The highest BCUT2D eigenvalue weighted by molar-refractivity contribution is 5.92. The number of nitrogens with zero attached hydrogens (tertiary/aromatic N) is 2. The van der Waals surface area contributed by atoms with E-state index < -0.39 is 0 Å². The summed E-state index contributed by atoms with van der Waals surface area (Å²) in [6.07, 6.45) is 3.17. The Morgan fingerprint density at radius 1 is 1.08 bits per heavy atom. The number of benzene rings is 1. The summed E-state index contributed by atoms with van der Waals surface area (Å²) < 4.78 is 1.33. The highest BCUT2D eigenvalue weighted by atomic mass is 16.2. The lowest BCUT2D eigenvalue weighted by Crippen LogP contribution is -2.35. The Bertz CT molecular complexity index is 738. The first-order chi connectivity index (χ1) is 12.0. The van der Waals surface area contributed by atoms with E-state index in [2.05, 4.69) is 24.3 Å². The second-order valence-electron chi connectivity index (χ2n) is 6.90. The van der Waals surface area contributed by atoms with Gasteiger partial charge in [-0.3, -0.25) is 9.59 Å². The average Bonchev–Trinajstić information content (AvgIpc) is 2.57. The van der Waals surface area contributed by atoms with Crippen molar-refractivity contribution in [1.29, 1.82) is 0 Å². The van der Waals surface area contributed by atoms with E-state index in [0.29, 0.717) is 12.5 Å². The molecule has 0 aliphatic carbocycles. The Kier molecular flexibility index (Phi) is 6.92. The molecule has 0 aliphatic rings. The number of carbonyl (C=O) groups is 1. The van der Waals surface area contributed by atoms with Crippen LogP contribution in [0, 0.1) is 5.92 Å². The molecule has 1 atom stereocenters. The molecule has 0 saturated heterocycles. The Morgan fingerprint density at radius 3 is 2.48 bits per heavy atom. The van der Waals surface area contributed by atoms with Crippen LogP contribution in [0.4, 0.5) is 0 Å². The normalized spacial score (nSPS) is 12.2. The van der Waals surface area contributed by atoms with E-state index >= 15 is 0 Å². The minimum absolute atomic E-state index is 0.0857. The molecule has 1 heterocycles. The second kappa shape index (κ2) is 9.16. The monoisotopic (exact) mass is 341 g/mol. The van der Waals surface area contributed by atoms with E-state index in [4.69, 9.17) is 0 Å². The van der Waals surface area contributed by atoms with Gasteiger partial charge < -0.3 is 5.32 Å². The maximum absolute atomic E-state index is 12.4. The highest BCUT2D eigenvalue weighted by Crippen LogP contribution is 2.08. The third-order valence-electron chi connectivity index (χ3n) is 4.07. The second-order valence-corrected chi connectivity index (χ2v) is 6.90. The summed E-state index contributed by atoms with van der Waals surface area (Å²) in [4.78, 5) is 24.4. The smallest absolute Gasteiger partial charge is 0.271 e. The fourth-order valence-electron chi connectivity index (χ4n) is 2.64. The summed E-state index contributed by atoms with van der Waals surface area (Å²) in [6, 6.07) is 12.6. The van der Waals surface area contributed by atoms with E-state index in [1.54, 1.807) is 0 Å². The molecule has 2 aromatic rings. The first kappa shape index (κ1) is 18.9. The van der Waals surface area contributed by atoms with E-state index in [0.717, 1.165) is 24.8 Å². The topological polar surface area (TPSA) is 64.0 Å². The van der Waals surface area contributed by atoms with Crippen molar-refractivity contribution in [3.8, 4) is 0 Å². The van der Waals surface area contributed by atoms with Crippen molar-refractivity contribution < 1.29 is 4.79 Å². The first-order valence-electron chi connectivity index (χ1n) is 8.88. The van der Waals surface area contributed by atoms with Crippen LogP contribution < -0.4 is 10.9 Å². The molecule has 1 unspecified atom stereocenters. The van der Waals surface area contributed by atoms with Crippen LogP contribution >= 0.6 is 0 Å². The van der Waals surface area contributed by atoms with Gasteiger partial charge in [0.2, 0.25) is 0 Å². The zero-order valence-electron chi connectivity index (χ0n) is 15.2. The largest absolute Gasteiger partial charge is 0.348 e. The zero-order valence-corrected chi connectivity index (χ0v) is 15.2. The molecule has 0 saturated carbocycles. The molecule has 25 heavy (non-hydrogen) atoms. The van der Waals surface area contributed by atoms with Gasteiger partial charge in [0.1, 0.15) is 5.69 Å². The predicted molar refractivity (Wildman–Crippen MR) is 99.7 cm³/mol. The van der Waals surface area contributed by atoms with Crippen molar-refractivity contribution in [2.45, 2.75) is 52.6 Å². The molecule has 1 aromatic carbocycles. The molecule has 0 spiro atoms. The SMILES string of the molecule is CC(C)CCCC(C)NC(=O)c1ccc(=O)n(Cc2ccccc2)n1. The number of hydrogen-bond donors (Lipinski definition) is 1. The fourth-order valence-corrected chi connectivity index (χ4v) is 2.64. The minimum Gasteiger partial charge on any atom is -0.348 e. The maximum atomic E-state index is 12.4. The van der Waals surface area contributed by atoms with Crippen molar-refractivity contribution in [1.82, 2.24) is 15.1 Å². The minimum atomic E-state index is -0.237. The van der Waals surface area contributed by atoms with E-state index in [9.17, 15) is 9.59 Å². The van der Waals surface area contributed by atoms with Crippen LogP contribution in [0.25, 0.3) is 0 Å². The molecule has 1 N–H and O–H groups in total. The lowest BCUT2D eigenvalue weighted by Gasteiger charge is -2.14. The Hall–Kier alpha value is -2.43. The lowest BCUT2D eigenvalue weighted by molar-refractivity contribution is 0.0930. The van der Waals surface area contributed by atoms with Gasteiger partial charge in [0.25, 0.3) is 11.5 Å². The van der Waals surface area contributed by atoms with Crippen LogP contribution in [0.3, 0.4) is 0 Å². The van der Waals surface area contributed by atoms with Crippen molar-refractivity contribution in [2.75, 3.05) is 0 Å². The summed E-state index contributed by atoms with van der Waals surface area (Å²) in [5, 5.41) is 7.18. The molecular formula is C20H27N3O2. The van der Waals surface area contributed by atoms with Crippen LogP contribution in [-0.2, 0) is 6.54 Å². The summed E-state index contributed by atoms with van der Waals surface area (Å²) in [6.45, 7) is 6.75. The van der Waals surface area contributed by atoms with Gasteiger partial charge in [-0.05, 0) is 30.9 Å². The Morgan fingerprint density at radius 2 is 1.80 bits per heavy atom. The third-order valence-corrected chi connectivity index (χ3v) is 4.07. The van der Waals surface area contributed by atoms with Gasteiger partial charge in [0, 0.05) is 12.1 Å². The molecule has 5 heteroatoms. The first-order valence-corrected chi connectivity index (χ1v) is 8.88. The van der Waals surface area contributed by atoms with Gasteiger partial charge in [0.15, 0.2) is 0 Å². The van der Waals surface area contributed by atoms with E-state index in [1.807, 2.05) is 37.3 Å².